The highest BCUT2D eigenvalue weighted by molar-refractivity contribution is 5.97. The highest BCUT2D eigenvalue weighted by Crippen LogP contribution is 2.07. The number of methoxy groups -OCH3 is 2. The average Bonchev–Trinajstić information content (AvgIpc) is 2.68. The molecule has 0 aliphatic carbocycles. The summed E-state index contributed by atoms with van der Waals surface area (Å²) in [6, 6.07) is 0.923. The van der Waals surface area contributed by atoms with Gasteiger partial charge in [-0.25, -0.2) is 9.59 Å². The largest absolute Gasteiger partial charge is 0.467 e. The number of hydrogen-bond donors (Lipinski definition) is 2. The second kappa shape index (κ2) is 10.3. The molecule has 0 bridgehead atoms. The summed E-state index contributed by atoms with van der Waals surface area (Å²) in [4.78, 5) is 48.0. The number of ether oxygens (including phenoxy) is 2. The molecule has 154 valence electrons. The van der Waals surface area contributed by atoms with Gasteiger partial charge in [0.25, 0.3) is 11.8 Å². The second-order valence-corrected chi connectivity index (χ2v) is 6.74. The van der Waals surface area contributed by atoms with Crippen LogP contribution in [0.1, 0.15) is 48.7 Å². The predicted molar refractivity (Wildman–Crippen MR) is 98.2 cm³/mol. The summed E-state index contributed by atoms with van der Waals surface area (Å²) in [5, 5.41) is 12.5. The fraction of sp³-hybridized carbons (Fsp3) is 0.556. The molecule has 1 aromatic heterocycles. The Bertz CT molecular complexity index is 656. The van der Waals surface area contributed by atoms with E-state index in [9.17, 15) is 19.2 Å². The lowest BCUT2D eigenvalue weighted by Crippen LogP contribution is -2.46. The Hall–Kier alpha value is -3.04. The zero-order valence-corrected chi connectivity index (χ0v) is 16.8. The minimum absolute atomic E-state index is 0.0699. The minimum Gasteiger partial charge on any atom is -0.467 e. The standard InChI is InChI=1S/C18H26N4O6/c1-9(2)13(17(25)27-5)19-15(23)11-7-8-12(22-21-11)16(24)20-14(10(3)4)18(26)28-6/h7-10,13-14H,1-6H3,(H,19,23)(H,20,24). The lowest BCUT2D eigenvalue weighted by Gasteiger charge is -2.20. The van der Waals surface area contributed by atoms with E-state index in [1.807, 2.05) is 0 Å². The van der Waals surface area contributed by atoms with Crippen LogP contribution in [0.5, 0.6) is 0 Å². The number of nitrogens with zero attached hydrogens (tertiary/aromatic N) is 2. The fourth-order valence-electron chi connectivity index (χ4n) is 2.25. The molecule has 0 aromatic carbocycles. The molecule has 0 aliphatic heterocycles. The maximum atomic E-state index is 12.3. The average molecular weight is 394 g/mol. The molecule has 10 nitrogen and oxygen atoms in total. The summed E-state index contributed by atoms with van der Waals surface area (Å²) >= 11 is 0. The summed E-state index contributed by atoms with van der Waals surface area (Å²) < 4.78 is 9.33. The van der Waals surface area contributed by atoms with Crippen LogP contribution in [-0.2, 0) is 19.1 Å². The van der Waals surface area contributed by atoms with E-state index in [2.05, 4.69) is 30.3 Å². The number of carbonyl (C=O) groups excluding carboxylic acids is 4. The van der Waals surface area contributed by atoms with Crippen molar-refractivity contribution in [3.63, 3.8) is 0 Å². The van der Waals surface area contributed by atoms with Crippen LogP contribution >= 0.6 is 0 Å². The van der Waals surface area contributed by atoms with Crippen molar-refractivity contribution in [3.05, 3.63) is 23.5 Å². The molecule has 1 heterocycles. The first-order chi connectivity index (χ1) is 13.1. The minimum atomic E-state index is -0.839. The highest BCUT2D eigenvalue weighted by Gasteiger charge is 2.27. The van der Waals surface area contributed by atoms with Crippen molar-refractivity contribution in [2.24, 2.45) is 11.8 Å². The molecule has 2 atom stereocenters. The van der Waals surface area contributed by atoms with Crippen LogP contribution in [0.3, 0.4) is 0 Å². The van der Waals surface area contributed by atoms with E-state index in [1.54, 1.807) is 27.7 Å². The van der Waals surface area contributed by atoms with E-state index < -0.39 is 35.8 Å². The number of nitrogens with one attached hydrogen (secondary N) is 2. The predicted octanol–water partition coefficient (Wildman–Crippen LogP) is 0.331. The van der Waals surface area contributed by atoms with Crippen LogP contribution in [0.25, 0.3) is 0 Å². The molecule has 1 aromatic rings. The molecule has 0 aliphatic rings. The van der Waals surface area contributed by atoms with E-state index in [1.165, 1.54) is 26.4 Å². The van der Waals surface area contributed by atoms with Crippen molar-refractivity contribution >= 4 is 23.8 Å². The van der Waals surface area contributed by atoms with Crippen molar-refractivity contribution in [1.82, 2.24) is 20.8 Å². The van der Waals surface area contributed by atoms with Crippen LogP contribution in [0, 0.1) is 11.8 Å². The van der Waals surface area contributed by atoms with Crippen molar-refractivity contribution in [1.29, 1.82) is 0 Å². The SMILES string of the molecule is COC(=O)C(NC(=O)c1ccc(C(=O)NC(C(=O)OC)C(C)C)nn1)C(C)C. The Kier molecular flexibility index (Phi) is 8.49. The Balaban J connectivity index is 2.87. The van der Waals surface area contributed by atoms with Gasteiger partial charge in [0.2, 0.25) is 0 Å². The first-order valence-corrected chi connectivity index (χ1v) is 8.73. The van der Waals surface area contributed by atoms with Gasteiger partial charge in [0.1, 0.15) is 12.1 Å². The third-order valence-electron chi connectivity index (χ3n) is 3.95. The molecule has 1 rings (SSSR count). The zero-order chi connectivity index (χ0) is 21.4. The van der Waals surface area contributed by atoms with E-state index in [0.29, 0.717) is 0 Å². The third-order valence-corrected chi connectivity index (χ3v) is 3.95. The normalized spacial score (nSPS) is 12.9. The summed E-state index contributed by atoms with van der Waals surface area (Å²) in [5.41, 5.74) is -0.140. The number of carbonyl (C=O) groups is 4. The van der Waals surface area contributed by atoms with Crippen LogP contribution in [0.4, 0.5) is 0 Å². The summed E-state index contributed by atoms with van der Waals surface area (Å²) in [6.07, 6.45) is 0. The van der Waals surface area contributed by atoms with E-state index in [0.717, 1.165) is 0 Å². The summed E-state index contributed by atoms with van der Waals surface area (Å²) in [7, 11) is 2.46. The molecule has 10 heteroatoms. The van der Waals surface area contributed by atoms with E-state index in [-0.39, 0.29) is 23.2 Å². The number of aromatic nitrogens is 2. The molecule has 2 amide bonds. The van der Waals surface area contributed by atoms with Crippen LogP contribution < -0.4 is 10.6 Å². The fourth-order valence-corrected chi connectivity index (χ4v) is 2.25. The number of hydrogen-bond acceptors (Lipinski definition) is 8. The van der Waals surface area contributed by atoms with Gasteiger partial charge in [-0.2, -0.15) is 0 Å². The lowest BCUT2D eigenvalue weighted by molar-refractivity contribution is -0.144. The van der Waals surface area contributed by atoms with Crippen molar-refractivity contribution in [2.75, 3.05) is 14.2 Å². The Morgan fingerprint density at radius 1 is 0.750 bits per heavy atom. The molecule has 2 N–H and O–H groups in total. The first-order valence-electron chi connectivity index (χ1n) is 8.73. The van der Waals surface area contributed by atoms with Gasteiger partial charge in [0.05, 0.1) is 14.2 Å². The highest BCUT2D eigenvalue weighted by atomic mass is 16.5. The smallest absolute Gasteiger partial charge is 0.328 e. The Labute approximate surface area is 163 Å². The number of amides is 2. The van der Waals surface area contributed by atoms with Crippen LogP contribution in [0.15, 0.2) is 12.1 Å². The van der Waals surface area contributed by atoms with Crippen molar-refractivity contribution < 1.29 is 28.7 Å². The second-order valence-electron chi connectivity index (χ2n) is 6.74. The molecule has 0 saturated carbocycles. The van der Waals surface area contributed by atoms with Crippen molar-refractivity contribution in [3.8, 4) is 0 Å². The Morgan fingerprint density at radius 2 is 1.07 bits per heavy atom. The zero-order valence-electron chi connectivity index (χ0n) is 16.8. The van der Waals surface area contributed by atoms with E-state index in [4.69, 9.17) is 0 Å². The summed E-state index contributed by atoms with van der Waals surface area (Å²) in [6.45, 7) is 7.03. The Morgan fingerprint density at radius 3 is 1.29 bits per heavy atom. The summed E-state index contributed by atoms with van der Waals surface area (Å²) in [5.74, 6) is -2.79. The third kappa shape index (κ3) is 6.00. The van der Waals surface area contributed by atoms with Gasteiger partial charge in [-0.05, 0) is 24.0 Å². The van der Waals surface area contributed by atoms with Gasteiger partial charge in [0, 0.05) is 0 Å². The molecule has 0 saturated heterocycles. The molecular weight excluding hydrogens is 368 g/mol. The van der Waals surface area contributed by atoms with Crippen LogP contribution in [-0.4, -0.2) is 60.3 Å². The van der Waals surface area contributed by atoms with Crippen molar-refractivity contribution in [2.45, 2.75) is 39.8 Å². The number of rotatable bonds is 8. The lowest BCUT2D eigenvalue weighted by atomic mass is 10.0. The van der Waals surface area contributed by atoms with E-state index >= 15 is 0 Å². The first kappa shape index (κ1) is 23.0. The number of esters is 2. The van der Waals surface area contributed by atoms with Gasteiger partial charge >= 0.3 is 11.9 Å². The molecule has 0 spiro atoms. The van der Waals surface area contributed by atoms with Gasteiger partial charge in [-0.15, -0.1) is 10.2 Å². The maximum absolute atomic E-state index is 12.3. The van der Waals surface area contributed by atoms with Gasteiger partial charge < -0.3 is 20.1 Å². The monoisotopic (exact) mass is 394 g/mol. The molecule has 28 heavy (non-hydrogen) atoms. The van der Waals surface area contributed by atoms with Crippen LogP contribution in [0.2, 0.25) is 0 Å². The topological polar surface area (TPSA) is 137 Å². The maximum Gasteiger partial charge on any atom is 0.328 e. The van der Waals surface area contributed by atoms with Gasteiger partial charge in [-0.3, -0.25) is 9.59 Å². The van der Waals surface area contributed by atoms with Gasteiger partial charge in [0.15, 0.2) is 11.4 Å². The quantitative estimate of drug-likeness (QED) is 0.602. The van der Waals surface area contributed by atoms with Gasteiger partial charge in [-0.1, -0.05) is 27.7 Å². The molecule has 2 unspecified atom stereocenters. The molecule has 0 fully saturated rings. The molecular formula is C18H26N4O6. The molecule has 0 radical (unpaired) electrons.